The summed E-state index contributed by atoms with van der Waals surface area (Å²) in [5.41, 5.74) is 5.18. The molecule has 0 aliphatic heterocycles. The van der Waals surface area contributed by atoms with Gasteiger partial charge < -0.3 is 9.73 Å². The average molecular weight is 285 g/mol. The van der Waals surface area contributed by atoms with Gasteiger partial charge in [-0.05, 0) is 42.7 Å². The van der Waals surface area contributed by atoms with Crippen molar-refractivity contribution in [1.29, 1.82) is 0 Å². The maximum atomic E-state index is 6.35. The highest BCUT2D eigenvalue weighted by atomic mass is 16.3. The van der Waals surface area contributed by atoms with Crippen LogP contribution in [0.3, 0.4) is 0 Å². The summed E-state index contributed by atoms with van der Waals surface area (Å²) in [4.78, 5) is 0. The summed E-state index contributed by atoms with van der Waals surface area (Å²) in [5.74, 6) is 2.12. The predicted octanol–water partition coefficient (Wildman–Crippen LogP) is 5.24. The standard InChI is InChI=1S/C19H27NO/c1-11(2)15-9-6-13(5)18-17(12(3)4)16(21-19(15)18)10-20-14-7-8-14/h6,9,11-12,14,20H,7-8,10H2,1-5H3. The second kappa shape index (κ2) is 5.49. The summed E-state index contributed by atoms with van der Waals surface area (Å²) in [7, 11) is 0. The van der Waals surface area contributed by atoms with Crippen LogP contribution < -0.4 is 5.32 Å². The SMILES string of the molecule is Cc1ccc(C(C)C)c2oc(CNC3CC3)c(C(C)C)c12. The second-order valence-electron chi connectivity index (χ2n) is 7.08. The molecule has 1 aliphatic carbocycles. The van der Waals surface area contributed by atoms with E-state index >= 15 is 0 Å². The molecule has 0 spiro atoms. The molecule has 1 aliphatic rings. The fraction of sp³-hybridized carbons (Fsp3) is 0.579. The van der Waals surface area contributed by atoms with Crippen molar-refractivity contribution < 1.29 is 4.42 Å². The van der Waals surface area contributed by atoms with Crippen LogP contribution in [-0.4, -0.2) is 6.04 Å². The highest BCUT2D eigenvalue weighted by Crippen LogP contribution is 2.38. The molecule has 0 amide bonds. The van der Waals surface area contributed by atoms with Crippen molar-refractivity contribution in [1.82, 2.24) is 5.32 Å². The van der Waals surface area contributed by atoms with Gasteiger partial charge in [-0.15, -0.1) is 0 Å². The first kappa shape index (κ1) is 14.6. The lowest BCUT2D eigenvalue weighted by Gasteiger charge is -2.10. The third-order valence-electron chi connectivity index (χ3n) is 4.52. The number of rotatable bonds is 5. The molecule has 1 heterocycles. The van der Waals surface area contributed by atoms with Gasteiger partial charge in [-0.1, -0.05) is 39.8 Å². The predicted molar refractivity (Wildman–Crippen MR) is 89.0 cm³/mol. The van der Waals surface area contributed by atoms with Gasteiger partial charge in [0.25, 0.3) is 0 Å². The van der Waals surface area contributed by atoms with Crippen LogP contribution in [0.25, 0.3) is 11.0 Å². The van der Waals surface area contributed by atoms with Crippen molar-refractivity contribution in [2.24, 2.45) is 0 Å². The molecule has 114 valence electrons. The van der Waals surface area contributed by atoms with Crippen LogP contribution in [-0.2, 0) is 6.54 Å². The Kier molecular flexibility index (Phi) is 3.83. The van der Waals surface area contributed by atoms with Crippen molar-refractivity contribution in [2.45, 2.75) is 71.9 Å². The molecule has 3 rings (SSSR count). The molecule has 2 nitrogen and oxygen atoms in total. The molecule has 1 saturated carbocycles. The summed E-state index contributed by atoms with van der Waals surface area (Å²) >= 11 is 0. The quantitative estimate of drug-likeness (QED) is 0.812. The summed E-state index contributed by atoms with van der Waals surface area (Å²) in [5, 5.41) is 4.95. The van der Waals surface area contributed by atoms with E-state index in [1.165, 1.54) is 34.9 Å². The van der Waals surface area contributed by atoms with Crippen molar-refractivity contribution in [2.75, 3.05) is 0 Å². The van der Waals surface area contributed by atoms with Crippen LogP contribution in [0.5, 0.6) is 0 Å². The van der Waals surface area contributed by atoms with Gasteiger partial charge in [-0.25, -0.2) is 0 Å². The third kappa shape index (κ3) is 2.74. The number of benzene rings is 1. The minimum Gasteiger partial charge on any atom is -0.459 e. The van der Waals surface area contributed by atoms with Crippen molar-refractivity contribution in [3.8, 4) is 0 Å². The van der Waals surface area contributed by atoms with E-state index in [-0.39, 0.29) is 0 Å². The van der Waals surface area contributed by atoms with E-state index in [4.69, 9.17) is 4.42 Å². The maximum Gasteiger partial charge on any atom is 0.138 e. The Morgan fingerprint density at radius 1 is 1.14 bits per heavy atom. The van der Waals surface area contributed by atoms with Gasteiger partial charge in [0.15, 0.2) is 0 Å². The molecule has 1 aromatic carbocycles. The lowest BCUT2D eigenvalue weighted by molar-refractivity contribution is 0.500. The number of hydrogen-bond donors (Lipinski definition) is 1. The first-order chi connectivity index (χ1) is 9.99. The summed E-state index contributed by atoms with van der Waals surface area (Å²) in [6.07, 6.45) is 2.63. The second-order valence-corrected chi connectivity index (χ2v) is 7.08. The molecule has 1 fully saturated rings. The van der Waals surface area contributed by atoms with E-state index in [9.17, 15) is 0 Å². The lowest BCUT2D eigenvalue weighted by atomic mass is 9.92. The Hall–Kier alpha value is -1.28. The zero-order valence-corrected chi connectivity index (χ0v) is 13.9. The minimum absolute atomic E-state index is 0.489. The van der Waals surface area contributed by atoms with E-state index in [1.807, 2.05) is 0 Å². The highest BCUT2D eigenvalue weighted by Gasteiger charge is 2.25. The van der Waals surface area contributed by atoms with Crippen LogP contribution in [0, 0.1) is 6.92 Å². The van der Waals surface area contributed by atoms with E-state index in [0.717, 1.165) is 17.9 Å². The topological polar surface area (TPSA) is 25.2 Å². The zero-order valence-electron chi connectivity index (χ0n) is 13.9. The molecule has 0 saturated heterocycles. The summed E-state index contributed by atoms with van der Waals surface area (Å²) in [6, 6.07) is 5.19. The van der Waals surface area contributed by atoms with Gasteiger partial charge in [0.2, 0.25) is 0 Å². The monoisotopic (exact) mass is 285 g/mol. The molecule has 0 unspecified atom stereocenters. The molecule has 2 aromatic rings. The molecule has 1 N–H and O–H groups in total. The fourth-order valence-corrected chi connectivity index (χ4v) is 3.18. The summed E-state index contributed by atoms with van der Waals surface area (Å²) < 4.78 is 6.35. The van der Waals surface area contributed by atoms with E-state index in [0.29, 0.717) is 17.9 Å². The van der Waals surface area contributed by atoms with Crippen LogP contribution in [0.4, 0.5) is 0 Å². The van der Waals surface area contributed by atoms with Gasteiger partial charge in [0.05, 0.1) is 6.54 Å². The van der Waals surface area contributed by atoms with Crippen LogP contribution in [0.2, 0.25) is 0 Å². The lowest BCUT2D eigenvalue weighted by Crippen LogP contribution is -2.16. The van der Waals surface area contributed by atoms with Crippen LogP contribution >= 0.6 is 0 Å². The molecule has 0 bridgehead atoms. The van der Waals surface area contributed by atoms with Crippen LogP contribution in [0.1, 0.15) is 74.8 Å². The van der Waals surface area contributed by atoms with Crippen molar-refractivity contribution in [3.05, 3.63) is 34.6 Å². The van der Waals surface area contributed by atoms with Gasteiger partial charge in [0, 0.05) is 17.0 Å². The zero-order chi connectivity index (χ0) is 15.1. The van der Waals surface area contributed by atoms with Gasteiger partial charge in [0.1, 0.15) is 11.3 Å². The third-order valence-corrected chi connectivity index (χ3v) is 4.52. The number of hydrogen-bond acceptors (Lipinski definition) is 2. The Morgan fingerprint density at radius 3 is 2.43 bits per heavy atom. The molecule has 0 atom stereocenters. The Labute approximate surface area is 127 Å². The van der Waals surface area contributed by atoms with E-state index in [1.54, 1.807) is 0 Å². The van der Waals surface area contributed by atoms with Crippen molar-refractivity contribution in [3.63, 3.8) is 0 Å². The van der Waals surface area contributed by atoms with Crippen molar-refractivity contribution >= 4 is 11.0 Å². The first-order valence-electron chi connectivity index (χ1n) is 8.27. The number of nitrogens with one attached hydrogen (secondary N) is 1. The first-order valence-corrected chi connectivity index (χ1v) is 8.27. The number of fused-ring (bicyclic) bond motifs is 1. The molecule has 21 heavy (non-hydrogen) atoms. The highest BCUT2D eigenvalue weighted by molar-refractivity contribution is 5.89. The Balaban J connectivity index is 2.14. The van der Waals surface area contributed by atoms with Gasteiger partial charge in [-0.2, -0.15) is 0 Å². The average Bonchev–Trinajstić information content (AvgIpc) is 3.15. The largest absolute Gasteiger partial charge is 0.459 e. The van der Waals surface area contributed by atoms with E-state index < -0.39 is 0 Å². The summed E-state index contributed by atoms with van der Waals surface area (Å²) in [6.45, 7) is 12.1. The molecular formula is C19H27NO. The fourth-order valence-electron chi connectivity index (χ4n) is 3.18. The van der Waals surface area contributed by atoms with Crippen LogP contribution in [0.15, 0.2) is 16.5 Å². The Morgan fingerprint density at radius 2 is 1.86 bits per heavy atom. The maximum absolute atomic E-state index is 6.35. The van der Waals surface area contributed by atoms with Gasteiger partial charge >= 0.3 is 0 Å². The Bertz CT molecular complexity index is 647. The molecular weight excluding hydrogens is 258 g/mol. The number of furan rings is 1. The molecule has 2 heteroatoms. The minimum atomic E-state index is 0.489. The number of aryl methyl sites for hydroxylation is 1. The molecule has 1 aromatic heterocycles. The smallest absolute Gasteiger partial charge is 0.138 e. The normalized spacial score (nSPS) is 15.6. The van der Waals surface area contributed by atoms with E-state index in [2.05, 4.69) is 52.1 Å². The van der Waals surface area contributed by atoms with Gasteiger partial charge in [-0.3, -0.25) is 0 Å². The molecule has 0 radical (unpaired) electrons.